The van der Waals surface area contributed by atoms with Gasteiger partial charge in [-0.3, -0.25) is 0 Å². The summed E-state index contributed by atoms with van der Waals surface area (Å²) in [6.07, 6.45) is 0.164. The Morgan fingerprint density at radius 2 is 1.85 bits per heavy atom. The fourth-order valence-electron chi connectivity index (χ4n) is 2.01. The Morgan fingerprint density at radius 3 is 2.38 bits per heavy atom. The minimum atomic E-state index is -1.49. The third-order valence-electron chi connectivity index (χ3n) is 3.02. The first-order valence-electron chi connectivity index (χ1n) is 8.72. The minimum absolute atomic E-state index is 0.163. The third kappa shape index (κ3) is 8.81. The molecule has 0 aliphatic heterocycles. The molecule has 0 aliphatic rings. The second kappa shape index (κ2) is 11.3. The molecule has 0 saturated carbocycles. The van der Waals surface area contributed by atoms with E-state index in [1.807, 2.05) is 46.8 Å². The van der Waals surface area contributed by atoms with E-state index in [-0.39, 0.29) is 6.61 Å². The highest BCUT2D eigenvalue weighted by Gasteiger charge is 2.17. The zero-order valence-corrected chi connectivity index (χ0v) is 17.1. The van der Waals surface area contributed by atoms with Gasteiger partial charge in [0.05, 0.1) is 19.8 Å². The van der Waals surface area contributed by atoms with E-state index in [9.17, 15) is 9.90 Å². The number of hydrogen-bond donors (Lipinski definition) is 2. The maximum Gasteiger partial charge on any atom is 0.407 e. The van der Waals surface area contributed by atoms with Crippen molar-refractivity contribution in [2.75, 3.05) is 19.8 Å². The molecule has 0 spiro atoms. The van der Waals surface area contributed by atoms with Crippen LogP contribution in [0.4, 0.5) is 4.79 Å². The smallest absolute Gasteiger partial charge is 0.407 e. The number of alkyl carbamates (subject to hydrolysis) is 1. The normalized spacial score (nSPS) is 11.5. The summed E-state index contributed by atoms with van der Waals surface area (Å²) < 4.78 is 21.8. The molecule has 0 heterocycles. The minimum Gasteiger partial charge on any atom is -0.444 e. The van der Waals surface area contributed by atoms with Crippen molar-refractivity contribution in [2.45, 2.75) is 53.2 Å². The lowest BCUT2D eigenvalue weighted by Crippen LogP contribution is -2.33. The second-order valence-electron chi connectivity index (χ2n) is 6.43. The van der Waals surface area contributed by atoms with Crippen molar-refractivity contribution in [3.63, 3.8) is 0 Å². The van der Waals surface area contributed by atoms with Gasteiger partial charge in [0, 0.05) is 12.1 Å². The second-order valence-corrected chi connectivity index (χ2v) is 7.58. The van der Waals surface area contributed by atoms with Gasteiger partial charge in [0.25, 0.3) is 0 Å². The molecule has 0 bridgehead atoms. The Bertz CT molecular complexity index is 555. The van der Waals surface area contributed by atoms with Gasteiger partial charge in [0.2, 0.25) is 0 Å². The van der Waals surface area contributed by atoms with Crippen molar-refractivity contribution in [1.82, 2.24) is 5.32 Å². The number of carbonyl (C=O) groups is 1. The Balaban J connectivity index is 2.63. The SMILES string of the molecule is CCOP(OCC)Oc1ccc(CCNC(=O)OC(C)(C)C)cc1CO. The number of rotatable bonds is 10. The average Bonchev–Trinajstić information content (AvgIpc) is 2.54. The van der Waals surface area contributed by atoms with E-state index in [4.69, 9.17) is 18.3 Å². The summed E-state index contributed by atoms with van der Waals surface area (Å²) >= 11 is 0. The molecule has 0 aliphatic carbocycles. The largest absolute Gasteiger partial charge is 0.444 e. The molecule has 2 N–H and O–H groups in total. The molecule has 0 saturated heterocycles. The van der Waals surface area contributed by atoms with Crippen LogP contribution < -0.4 is 9.84 Å². The molecule has 1 amide bonds. The maximum atomic E-state index is 11.7. The summed E-state index contributed by atoms with van der Waals surface area (Å²) in [5, 5.41) is 12.3. The third-order valence-corrected chi connectivity index (χ3v) is 4.30. The van der Waals surface area contributed by atoms with Crippen molar-refractivity contribution < 1.29 is 28.2 Å². The quantitative estimate of drug-likeness (QED) is 0.592. The van der Waals surface area contributed by atoms with Crippen LogP contribution in [0.5, 0.6) is 5.75 Å². The molecule has 26 heavy (non-hydrogen) atoms. The molecule has 8 heteroatoms. The molecule has 7 nitrogen and oxygen atoms in total. The van der Waals surface area contributed by atoms with Crippen LogP contribution in [0.2, 0.25) is 0 Å². The number of nitrogens with one attached hydrogen (secondary N) is 1. The first-order valence-corrected chi connectivity index (χ1v) is 9.82. The summed E-state index contributed by atoms with van der Waals surface area (Å²) in [4.78, 5) is 11.7. The number of benzene rings is 1. The zero-order chi connectivity index (χ0) is 19.6. The molecule has 0 aromatic heterocycles. The first-order chi connectivity index (χ1) is 12.3. The van der Waals surface area contributed by atoms with Crippen molar-refractivity contribution in [3.05, 3.63) is 29.3 Å². The molecular formula is C18H30NO6P. The lowest BCUT2D eigenvalue weighted by molar-refractivity contribution is 0.0528. The molecule has 148 valence electrons. The van der Waals surface area contributed by atoms with E-state index in [1.54, 1.807) is 6.07 Å². The van der Waals surface area contributed by atoms with E-state index < -0.39 is 20.3 Å². The molecule has 0 unspecified atom stereocenters. The number of aliphatic hydroxyl groups is 1. The summed E-state index contributed by atoms with van der Waals surface area (Å²) in [6.45, 7) is 10.4. The fraction of sp³-hybridized carbons (Fsp3) is 0.611. The van der Waals surface area contributed by atoms with E-state index in [0.717, 1.165) is 5.56 Å². The van der Waals surface area contributed by atoms with Crippen LogP contribution in [-0.4, -0.2) is 36.6 Å². The van der Waals surface area contributed by atoms with E-state index in [0.29, 0.717) is 37.5 Å². The van der Waals surface area contributed by atoms with Crippen molar-refractivity contribution in [2.24, 2.45) is 0 Å². The van der Waals surface area contributed by atoms with Crippen LogP contribution in [0.3, 0.4) is 0 Å². The van der Waals surface area contributed by atoms with Crippen LogP contribution in [0, 0.1) is 0 Å². The predicted octanol–water partition coefficient (Wildman–Crippen LogP) is 3.92. The number of hydrogen-bond acceptors (Lipinski definition) is 6. The van der Waals surface area contributed by atoms with Crippen molar-refractivity contribution >= 4 is 14.7 Å². The van der Waals surface area contributed by atoms with Crippen LogP contribution >= 0.6 is 8.60 Å². The predicted molar refractivity (Wildman–Crippen MR) is 101 cm³/mol. The summed E-state index contributed by atoms with van der Waals surface area (Å²) in [7, 11) is -1.49. The van der Waals surface area contributed by atoms with Gasteiger partial charge >= 0.3 is 14.7 Å². The van der Waals surface area contributed by atoms with Crippen molar-refractivity contribution in [1.29, 1.82) is 0 Å². The van der Waals surface area contributed by atoms with Gasteiger partial charge in [-0.2, -0.15) is 0 Å². The highest BCUT2D eigenvalue weighted by atomic mass is 31.2. The first kappa shape index (κ1) is 22.6. The van der Waals surface area contributed by atoms with Gasteiger partial charge < -0.3 is 28.7 Å². The van der Waals surface area contributed by atoms with Gasteiger partial charge in [-0.25, -0.2) is 4.79 Å². The Hall–Kier alpha value is -1.40. The van der Waals surface area contributed by atoms with Gasteiger partial charge in [-0.05, 0) is 58.7 Å². The molecule has 0 fully saturated rings. The number of amides is 1. The Kier molecular flexibility index (Phi) is 9.88. The number of ether oxygens (including phenoxy) is 1. The Morgan fingerprint density at radius 1 is 1.19 bits per heavy atom. The van der Waals surface area contributed by atoms with E-state index in [1.165, 1.54) is 0 Å². The summed E-state index contributed by atoms with van der Waals surface area (Å²) in [5.41, 5.74) is 1.09. The monoisotopic (exact) mass is 387 g/mol. The standard InChI is InChI=1S/C18H30NO6P/c1-6-22-26(23-7-2)25-16-9-8-14(12-15(16)13-20)10-11-19-17(21)24-18(3,4)5/h8-9,12,20H,6-7,10-11,13H2,1-5H3,(H,19,21). The molecule has 1 aromatic carbocycles. The van der Waals surface area contributed by atoms with Crippen LogP contribution in [-0.2, 0) is 26.8 Å². The maximum absolute atomic E-state index is 11.7. The van der Waals surface area contributed by atoms with Crippen LogP contribution in [0.15, 0.2) is 18.2 Å². The zero-order valence-electron chi connectivity index (χ0n) is 16.2. The van der Waals surface area contributed by atoms with Crippen molar-refractivity contribution in [3.8, 4) is 5.75 Å². The topological polar surface area (TPSA) is 86.2 Å². The lowest BCUT2D eigenvalue weighted by Gasteiger charge is -2.20. The molecule has 0 atom stereocenters. The highest BCUT2D eigenvalue weighted by Crippen LogP contribution is 2.41. The highest BCUT2D eigenvalue weighted by molar-refractivity contribution is 7.42. The molecule has 1 aromatic rings. The number of carbonyl (C=O) groups excluding carboxylic acids is 1. The molecule has 0 radical (unpaired) electrons. The van der Waals surface area contributed by atoms with Crippen LogP contribution in [0.1, 0.15) is 45.7 Å². The number of aliphatic hydroxyl groups excluding tert-OH is 1. The van der Waals surface area contributed by atoms with Gasteiger partial charge in [0.1, 0.15) is 11.4 Å². The lowest BCUT2D eigenvalue weighted by atomic mass is 10.1. The van der Waals surface area contributed by atoms with E-state index >= 15 is 0 Å². The summed E-state index contributed by atoms with van der Waals surface area (Å²) in [6, 6.07) is 5.51. The van der Waals surface area contributed by atoms with Gasteiger partial charge in [-0.15, -0.1) is 0 Å². The van der Waals surface area contributed by atoms with Crippen LogP contribution in [0.25, 0.3) is 0 Å². The van der Waals surface area contributed by atoms with Gasteiger partial charge in [0.15, 0.2) is 0 Å². The van der Waals surface area contributed by atoms with Gasteiger partial charge in [-0.1, -0.05) is 6.07 Å². The van der Waals surface area contributed by atoms with E-state index in [2.05, 4.69) is 5.32 Å². The fourth-order valence-corrected chi connectivity index (χ4v) is 2.95. The Labute approximate surface area is 157 Å². The summed E-state index contributed by atoms with van der Waals surface area (Å²) in [5.74, 6) is 0.532. The molecule has 1 rings (SSSR count). The average molecular weight is 387 g/mol. The molecular weight excluding hydrogens is 357 g/mol.